The quantitative estimate of drug-likeness (QED) is 0.890. The highest BCUT2D eigenvalue weighted by atomic mass is 32.2. The van der Waals surface area contributed by atoms with Crippen molar-refractivity contribution in [1.82, 2.24) is 4.90 Å². The summed E-state index contributed by atoms with van der Waals surface area (Å²) in [5.41, 5.74) is 3.38. The summed E-state index contributed by atoms with van der Waals surface area (Å²) in [5.74, 6) is 0.500. The Balaban J connectivity index is 1.54. The first-order valence-electron chi connectivity index (χ1n) is 8.63. The van der Waals surface area contributed by atoms with Crippen LogP contribution in [0.25, 0.3) is 0 Å². The first-order valence-corrected chi connectivity index (χ1v) is 9.61. The lowest BCUT2D eigenvalue weighted by atomic mass is 10.1. The van der Waals surface area contributed by atoms with Crippen LogP contribution in [0.1, 0.15) is 18.1 Å². The van der Waals surface area contributed by atoms with Gasteiger partial charge in [-0.1, -0.05) is 42.1 Å². The molecule has 1 N–H and O–H groups in total. The molecule has 6 nitrogen and oxygen atoms in total. The van der Waals surface area contributed by atoms with Crippen molar-refractivity contribution in [2.45, 2.75) is 19.9 Å². The van der Waals surface area contributed by atoms with E-state index in [-0.39, 0.29) is 17.6 Å². The van der Waals surface area contributed by atoms with Crippen molar-refractivity contribution in [2.24, 2.45) is 9.98 Å². The fraction of sp³-hybridized carbons (Fsp3) is 0.200. The standard InChI is InChI=1S/C20H18N4O2S/c1-12-7-3-5-9-15(12)22-17(25)11-27-20-23-16-10-6-4-8-14(16)18-21-13(2)19(26)24(18)20/h3-10,13H,11H2,1-2H3,(H,22,25)/t13-/m0/s1. The summed E-state index contributed by atoms with van der Waals surface area (Å²) in [4.78, 5) is 35.5. The van der Waals surface area contributed by atoms with E-state index in [4.69, 9.17) is 0 Å². The Bertz CT molecular complexity index is 999. The third-order valence-electron chi connectivity index (χ3n) is 4.41. The molecular formula is C20H18N4O2S. The van der Waals surface area contributed by atoms with E-state index in [0.717, 1.165) is 22.5 Å². The minimum absolute atomic E-state index is 0.120. The summed E-state index contributed by atoms with van der Waals surface area (Å²) >= 11 is 1.24. The van der Waals surface area contributed by atoms with Crippen molar-refractivity contribution in [3.05, 3.63) is 59.7 Å². The van der Waals surface area contributed by atoms with Gasteiger partial charge in [-0.15, -0.1) is 0 Å². The van der Waals surface area contributed by atoms with E-state index >= 15 is 0 Å². The van der Waals surface area contributed by atoms with Crippen molar-refractivity contribution >= 4 is 46.0 Å². The predicted octanol–water partition coefficient (Wildman–Crippen LogP) is 3.35. The van der Waals surface area contributed by atoms with Crippen LogP contribution in [0, 0.1) is 6.92 Å². The topological polar surface area (TPSA) is 74.1 Å². The van der Waals surface area contributed by atoms with E-state index in [2.05, 4.69) is 15.3 Å². The highest BCUT2D eigenvalue weighted by molar-refractivity contribution is 8.14. The van der Waals surface area contributed by atoms with Gasteiger partial charge in [-0.05, 0) is 37.6 Å². The SMILES string of the molecule is Cc1ccccc1NC(=O)CSC1=Nc2ccccc2C2=N[C@@H](C)C(=O)N12. The summed E-state index contributed by atoms with van der Waals surface area (Å²) in [5, 5.41) is 3.39. The van der Waals surface area contributed by atoms with Gasteiger partial charge in [-0.25, -0.2) is 9.89 Å². The van der Waals surface area contributed by atoms with E-state index in [1.54, 1.807) is 6.92 Å². The van der Waals surface area contributed by atoms with Crippen LogP contribution in [0.4, 0.5) is 11.4 Å². The number of aryl methyl sites for hydroxylation is 1. The number of carbonyl (C=O) groups is 2. The highest BCUT2D eigenvalue weighted by Crippen LogP contribution is 2.33. The molecule has 0 aliphatic carbocycles. The lowest BCUT2D eigenvalue weighted by Crippen LogP contribution is -2.41. The molecule has 0 unspecified atom stereocenters. The van der Waals surface area contributed by atoms with Crippen molar-refractivity contribution in [3.8, 4) is 0 Å². The Labute approximate surface area is 161 Å². The number of hydrogen-bond donors (Lipinski definition) is 1. The average molecular weight is 378 g/mol. The van der Waals surface area contributed by atoms with Gasteiger partial charge in [0.1, 0.15) is 11.9 Å². The first kappa shape index (κ1) is 17.5. The summed E-state index contributed by atoms with van der Waals surface area (Å²) in [6.07, 6.45) is 0. The smallest absolute Gasteiger partial charge is 0.258 e. The number of hydrogen-bond acceptors (Lipinski definition) is 5. The summed E-state index contributed by atoms with van der Waals surface area (Å²) in [7, 11) is 0. The molecule has 0 aromatic heterocycles. The Hall–Kier alpha value is -2.93. The monoisotopic (exact) mass is 378 g/mol. The Morgan fingerprint density at radius 3 is 2.74 bits per heavy atom. The average Bonchev–Trinajstić information content (AvgIpc) is 2.97. The molecule has 136 valence electrons. The predicted molar refractivity (Wildman–Crippen MR) is 109 cm³/mol. The number of nitrogens with zero attached hydrogens (tertiary/aromatic N) is 3. The van der Waals surface area contributed by atoms with Gasteiger partial charge in [0, 0.05) is 11.3 Å². The van der Waals surface area contributed by atoms with Crippen molar-refractivity contribution in [3.63, 3.8) is 0 Å². The second-order valence-corrected chi connectivity index (χ2v) is 7.31. The molecule has 2 heterocycles. The van der Waals surface area contributed by atoms with E-state index in [0.29, 0.717) is 11.0 Å². The van der Waals surface area contributed by atoms with Crippen molar-refractivity contribution < 1.29 is 9.59 Å². The zero-order chi connectivity index (χ0) is 19.0. The Kier molecular flexibility index (Phi) is 4.53. The number of aliphatic imine (C=N–C) groups is 2. The molecule has 7 heteroatoms. The van der Waals surface area contributed by atoms with Crippen LogP contribution in [0.15, 0.2) is 58.5 Å². The highest BCUT2D eigenvalue weighted by Gasteiger charge is 2.39. The van der Waals surface area contributed by atoms with Gasteiger partial charge in [0.15, 0.2) is 5.17 Å². The molecule has 2 amide bonds. The molecule has 0 saturated carbocycles. The van der Waals surface area contributed by atoms with Gasteiger partial charge in [0.05, 0.1) is 11.4 Å². The fourth-order valence-corrected chi connectivity index (χ4v) is 3.80. The molecule has 2 aromatic carbocycles. The van der Waals surface area contributed by atoms with Crippen LogP contribution in [0.3, 0.4) is 0 Å². The van der Waals surface area contributed by atoms with E-state index < -0.39 is 6.04 Å². The van der Waals surface area contributed by atoms with Gasteiger partial charge in [0.2, 0.25) is 5.91 Å². The molecule has 0 fully saturated rings. The third-order valence-corrected chi connectivity index (χ3v) is 5.35. The summed E-state index contributed by atoms with van der Waals surface area (Å²) < 4.78 is 0. The number of anilines is 1. The van der Waals surface area contributed by atoms with Crippen LogP contribution in [0.5, 0.6) is 0 Å². The lowest BCUT2D eigenvalue weighted by Gasteiger charge is -2.25. The third kappa shape index (κ3) is 3.26. The zero-order valence-corrected chi connectivity index (χ0v) is 15.8. The Morgan fingerprint density at radius 2 is 1.93 bits per heavy atom. The molecule has 27 heavy (non-hydrogen) atoms. The van der Waals surface area contributed by atoms with Crippen molar-refractivity contribution in [2.75, 3.05) is 11.1 Å². The normalized spacial score (nSPS) is 17.8. The number of fused-ring (bicyclic) bond motifs is 3. The molecule has 4 rings (SSSR count). The molecule has 0 spiro atoms. The largest absolute Gasteiger partial charge is 0.325 e. The Morgan fingerprint density at radius 1 is 1.19 bits per heavy atom. The number of amides is 2. The molecule has 1 atom stereocenters. The van der Waals surface area contributed by atoms with Gasteiger partial charge in [0.25, 0.3) is 5.91 Å². The zero-order valence-electron chi connectivity index (χ0n) is 15.0. The number of para-hydroxylation sites is 2. The van der Waals surface area contributed by atoms with E-state index in [1.807, 2.05) is 55.5 Å². The fourth-order valence-electron chi connectivity index (χ4n) is 3.00. The molecule has 2 aliphatic rings. The molecule has 0 saturated heterocycles. The van der Waals surface area contributed by atoms with Crippen LogP contribution in [-0.2, 0) is 9.59 Å². The maximum Gasteiger partial charge on any atom is 0.258 e. The maximum atomic E-state index is 12.6. The molecule has 2 aromatic rings. The molecule has 0 radical (unpaired) electrons. The number of thioether (sulfide) groups is 1. The van der Waals surface area contributed by atoms with E-state index in [9.17, 15) is 9.59 Å². The lowest BCUT2D eigenvalue weighted by molar-refractivity contribution is -0.124. The number of nitrogens with one attached hydrogen (secondary N) is 1. The van der Waals surface area contributed by atoms with Gasteiger partial charge in [-0.2, -0.15) is 0 Å². The summed E-state index contributed by atoms with van der Waals surface area (Å²) in [6, 6.07) is 14.7. The molecule has 2 aliphatic heterocycles. The number of rotatable bonds is 3. The van der Waals surface area contributed by atoms with Crippen LogP contribution in [-0.4, -0.2) is 39.5 Å². The second kappa shape index (κ2) is 7.00. The van der Waals surface area contributed by atoms with Gasteiger partial charge >= 0.3 is 0 Å². The second-order valence-electron chi connectivity index (χ2n) is 6.37. The molecule has 0 bridgehead atoms. The summed E-state index contributed by atoms with van der Waals surface area (Å²) in [6.45, 7) is 3.71. The minimum atomic E-state index is -0.447. The number of amidine groups is 2. The van der Waals surface area contributed by atoms with Gasteiger partial charge in [-0.3, -0.25) is 14.6 Å². The minimum Gasteiger partial charge on any atom is -0.325 e. The van der Waals surface area contributed by atoms with Crippen LogP contribution < -0.4 is 5.32 Å². The number of benzene rings is 2. The van der Waals surface area contributed by atoms with E-state index in [1.165, 1.54) is 16.7 Å². The van der Waals surface area contributed by atoms with Gasteiger partial charge < -0.3 is 5.32 Å². The maximum absolute atomic E-state index is 12.6. The van der Waals surface area contributed by atoms with Crippen molar-refractivity contribution in [1.29, 1.82) is 0 Å². The van der Waals surface area contributed by atoms with Crippen LogP contribution >= 0.6 is 11.8 Å². The molecular weight excluding hydrogens is 360 g/mol. The number of carbonyl (C=O) groups excluding carboxylic acids is 2. The van der Waals surface area contributed by atoms with Crippen LogP contribution in [0.2, 0.25) is 0 Å². The first-order chi connectivity index (χ1) is 13.0.